The summed E-state index contributed by atoms with van der Waals surface area (Å²) in [5.41, 5.74) is 4.07. The minimum atomic E-state index is -0.265. The fourth-order valence-corrected chi connectivity index (χ4v) is 4.63. The van der Waals surface area contributed by atoms with E-state index in [0.717, 1.165) is 24.7 Å². The van der Waals surface area contributed by atoms with E-state index in [2.05, 4.69) is 63.6 Å². The van der Waals surface area contributed by atoms with E-state index in [1.807, 2.05) is 18.2 Å². The third kappa shape index (κ3) is 4.74. The minimum absolute atomic E-state index is 0.0807. The van der Waals surface area contributed by atoms with E-state index in [0.29, 0.717) is 11.5 Å². The highest BCUT2D eigenvalue weighted by Gasteiger charge is 2.12. The molecule has 6 nitrogen and oxygen atoms in total. The molecule has 0 aromatic heterocycles. The second kappa shape index (κ2) is 8.20. The molecule has 0 bridgehead atoms. The van der Waals surface area contributed by atoms with Crippen molar-refractivity contribution in [2.24, 2.45) is 5.10 Å². The van der Waals surface area contributed by atoms with Gasteiger partial charge in [0.2, 0.25) is 6.79 Å². The van der Waals surface area contributed by atoms with Crippen LogP contribution in [0.5, 0.6) is 11.5 Å². The third-order valence-electron chi connectivity index (χ3n) is 3.23. The number of halogens is 3. The van der Waals surface area contributed by atoms with Gasteiger partial charge in [-0.1, -0.05) is 15.9 Å². The van der Waals surface area contributed by atoms with E-state index in [1.54, 1.807) is 18.3 Å². The molecule has 0 radical (unpaired) electrons. The van der Waals surface area contributed by atoms with E-state index >= 15 is 0 Å². The molecule has 1 heterocycles. The molecule has 0 spiro atoms. The van der Waals surface area contributed by atoms with Gasteiger partial charge >= 0.3 is 0 Å². The van der Waals surface area contributed by atoms with Gasteiger partial charge in [0.1, 0.15) is 0 Å². The third-order valence-corrected chi connectivity index (χ3v) is 4.94. The van der Waals surface area contributed by atoms with Gasteiger partial charge < -0.3 is 14.8 Å². The zero-order chi connectivity index (χ0) is 17.8. The van der Waals surface area contributed by atoms with Crippen LogP contribution in [0, 0.1) is 0 Å². The summed E-state index contributed by atoms with van der Waals surface area (Å²) in [5, 5.41) is 7.00. The molecule has 0 atom stereocenters. The molecule has 1 amide bonds. The van der Waals surface area contributed by atoms with Gasteiger partial charge in [-0.05, 0) is 67.8 Å². The lowest BCUT2D eigenvalue weighted by Crippen LogP contribution is -2.26. The van der Waals surface area contributed by atoms with Crippen molar-refractivity contribution in [2.45, 2.75) is 0 Å². The van der Waals surface area contributed by atoms with Crippen LogP contribution in [0.2, 0.25) is 0 Å². The molecule has 2 aromatic carbocycles. The van der Waals surface area contributed by atoms with Crippen molar-refractivity contribution in [3.05, 3.63) is 49.3 Å². The lowest BCUT2D eigenvalue weighted by molar-refractivity contribution is -0.119. The number of carbonyl (C=O) groups is 1. The number of benzene rings is 2. The summed E-state index contributed by atoms with van der Waals surface area (Å²) in [5.74, 6) is 1.11. The smallest absolute Gasteiger partial charge is 0.259 e. The zero-order valence-electron chi connectivity index (χ0n) is 12.7. The van der Waals surface area contributed by atoms with Crippen LogP contribution in [-0.2, 0) is 4.79 Å². The van der Waals surface area contributed by atoms with Crippen LogP contribution in [-0.4, -0.2) is 25.5 Å². The van der Waals surface area contributed by atoms with E-state index in [1.165, 1.54) is 0 Å². The summed E-state index contributed by atoms with van der Waals surface area (Å²) in [7, 11) is 0. The van der Waals surface area contributed by atoms with Crippen molar-refractivity contribution in [1.29, 1.82) is 0 Å². The van der Waals surface area contributed by atoms with Gasteiger partial charge in [-0.3, -0.25) is 4.79 Å². The Morgan fingerprint density at radius 3 is 2.60 bits per heavy atom. The van der Waals surface area contributed by atoms with E-state index in [4.69, 9.17) is 9.47 Å². The first-order valence-corrected chi connectivity index (χ1v) is 9.51. The van der Waals surface area contributed by atoms with Gasteiger partial charge in [0, 0.05) is 13.4 Å². The van der Waals surface area contributed by atoms with E-state index in [-0.39, 0.29) is 19.2 Å². The monoisotopic (exact) mass is 531 g/mol. The normalized spacial score (nSPS) is 12.4. The van der Waals surface area contributed by atoms with Crippen LogP contribution in [0.1, 0.15) is 5.56 Å². The number of hydrazone groups is 1. The number of anilines is 1. The highest BCUT2D eigenvalue weighted by molar-refractivity contribution is 9.11. The molecule has 2 N–H and O–H groups in total. The number of rotatable bonds is 5. The first-order chi connectivity index (χ1) is 12.0. The molecular formula is C16H12Br3N3O3. The first-order valence-electron chi connectivity index (χ1n) is 7.13. The van der Waals surface area contributed by atoms with Crippen LogP contribution in [0.3, 0.4) is 0 Å². The molecule has 2 aromatic rings. The Kier molecular flexibility index (Phi) is 5.98. The van der Waals surface area contributed by atoms with Gasteiger partial charge in [0.25, 0.3) is 5.91 Å². The molecule has 1 aliphatic rings. The number of ether oxygens (including phenoxy) is 2. The van der Waals surface area contributed by atoms with Gasteiger partial charge in [0.15, 0.2) is 11.5 Å². The second-order valence-corrected chi connectivity index (χ2v) is 7.63. The predicted molar refractivity (Wildman–Crippen MR) is 106 cm³/mol. The predicted octanol–water partition coefficient (Wildman–Crippen LogP) is 4.27. The Bertz CT molecular complexity index is 820. The molecule has 3 rings (SSSR count). The average Bonchev–Trinajstić information content (AvgIpc) is 3.01. The first kappa shape index (κ1) is 18.2. The number of carbonyl (C=O) groups excluding carboxylic acids is 1. The maximum atomic E-state index is 11.9. The SMILES string of the molecule is O=C(CNc1c(Br)cc(Br)cc1Br)NN=Cc1ccc2c(c1)OCO2. The highest BCUT2D eigenvalue weighted by atomic mass is 79.9. The Hall–Kier alpha value is -1.58. The van der Waals surface area contributed by atoms with Crippen molar-refractivity contribution >= 4 is 65.6 Å². The molecule has 0 saturated carbocycles. The summed E-state index contributed by atoms with van der Waals surface area (Å²) in [4.78, 5) is 11.9. The number of nitrogens with one attached hydrogen (secondary N) is 2. The van der Waals surface area contributed by atoms with Crippen LogP contribution < -0.4 is 20.2 Å². The number of amides is 1. The Labute approximate surface area is 169 Å². The summed E-state index contributed by atoms with van der Waals surface area (Å²) in [6, 6.07) is 9.21. The molecule has 0 aliphatic carbocycles. The lowest BCUT2D eigenvalue weighted by Gasteiger charge is -2.10. The van der Waals surface area contributed by atoms with Gasteiger partial charge in [-0.15, -0.1) is 0 Å². The van der Waals surface area contributed by atoms with Crippen molar-refractivity contribution < 1.29 is 14.3 Å². The number of nitrogens with zero attached hydrogens (tertiary/aromatic N) is 1. The van der Waals surface area contributed by atoms with Crippen molar-refractivity contribution in [1.82, 2.24) is 5.43 Å². The molecule has 130 valence electrons. The minimum Gasteiger partial charge on any atom is -0.454 e. The summed E-state index contributed by atoms with van der Waals surface area (Å²) in [6.45, 7) is 0.302. The van der Waals surface area contributed by atoms with Gasteiger partial charge in [-0.25, -0.2) is 5.43 Å². The molecule has 0 unspecified atom stereocenters. The Morgan fingerprint density at radius 2 is 1.84 bits per heavy atom. The fourth-order valence-electron chi connectivity index (χ4n) is 2.09. The highest BCUT2D eigenvalue weighted by Crippen LogP contribution is 2.34. The molecule has 25 heavy (non-hydrogen) atoms. The van der Waals surface area contributed by atoms with Crippen molar-refractivity contribution in [3.8, 4) is 11.5 Å². The van der Waals surface area contributed by atoms with E-state index in [9.17, 15) is 4.79 Å². The van der Waals surface area contributed by atoms with Crippen LogP contribution in [0.25, 0.3) is 0 Å². The molecule has 1 aliphatic heterocycles. The molecule has 0 fully saturated rings. The topological polar surface area (TPSA) is 72.0 Å². The number of hydrogen-bond acceptors (Lipinski definition) is 5. The van der Waals surface area contributed by atoms with Crippen molar-refractivity contribution in [2.75, 3.05) is 18.7 Å². The Balaban J connectivity index is 1.53. The van der Waals surface area contributed by atoms with Crippen LogP contribution in [0.15, 0.2) is 48.9 Å². The fraction of sp³-hybridized carbons (Fsp3) is 0.125. The quantitative estimate of drug-likeness (QED) is 0.445. The largest absolute Gasteiger partial charge is 0.454 e. The van der Waals surface area contributed by atoms with Crippen LogP contribution >= 0.6 is 47.8 Å². The van der Waals surface area contributed by atoms with Gasteiger partial charge in [-0.2, -0.15) is 5.10 Å². The van der Waals surface area contributed by atoms with Crippen molar-refractivity contribution in [3.63, 3.8) is 0 Å². The molecular weight excluding hydrogens is 522 g/mol. The lowest BCUT2D eigenvalue weighted by atomic mass is 10.2. The number of fused-ring (bicyclic) bond motifs is 1. The summed E-state index contributed by atoms with van der Waals surface area (Å²) < 4.78 is 13.1. The Morgan fingerprint density at radius 1 is 1.12 bits per heavy atom. The van der Waals surface area contributed by atoms with E-state index < -0.39 is 0 Å². The zero-order valence-corrected chi connectivity index (χ0v) is 17.4. The molecule has 9 heteroatoms. The van der Waals surface area contributed by atoms with Gasteiger partial charge in [0.05, 0.1) is 18.4 Å². The second-order valence-electron chi connectivity index (χ2n) is 5.00. The van der Waals surface area contributed by atoms with Crippen LogP contribution in [0.4, 0.5) is 5.69 Å². The summed E-state index contributed by atoms with van der Waals surface area (Å²) in [6.07, 6.45) is 1.55. The summed E-state index contributed by atoms with van der Waals surface area (Å²) >= 11 is 10.3. The standard InChI is InChI=1S/C16H12Br3N3O3/c17-10-4-11(18)16(12(19)5-10)20-7-15(23)22-21-6-9-1-2-13-14(3-9)25-8-24-13/h1-6,20H,7-8H2,(H,22,23). The maximum Gasteiger partial charge on any atom is 0.259 e. The average molecular weight is 534 g/mol. The number of hydrogen-bond donors (Lipinski definition) is 2. The molecule has 0 saturated heterocycles. The maximum absolute atomic E-state index is 11.9.